The standard InChI is InChI=1S/C6H15ClO2Si.C6H15NO4Si/c1-8-6(10,9-2)4-3-5-7;1-10-6(12,11-2)4-3-5-7(8)9/h3-5H2,1-2,10H3;3-5H2,1-2,12H3. The fourth-order valence-electron chi connectivity index (χ4n) is 1.49. The second-order valence-electron chi connectivity index (χ2n) is 5.04. The Bertz CT molecular complexity index is 291. The average molecular weight is 376 g/mol. The highest BCUT2D eigenvalue weighted by Crippen LogP contribution is 2.14. The Labute approximate surface area is 144 Å². The van der Waals surface area contributed by atoms with Gasteiger partial charge in [-0.2, -0.15) is 0 Å². The number of ether oxygens (including phenoxy) is 4. The SMILES string of the molecule is COC([SiH3])(CCCCl)OC.COC([SiH3])(CCC[N+](=O)[O-])OC. The number of hydrogen-bond acceptors (Lipinski definition) is 6. The van der Waals surface area contributed by atoms with Gasteiger partial charge in [-0.3, -0.25) is 10.1 Å². The van der Waals surface area contributed by atoms with Crippen molar-refractivity contribution < 1.29 is 23.9 Å². The fourth-order valence-corrected chi connectivity index (χ4v) is 2.33. The molecule has 0 rings (SSSR count). The number of hydrogen-bond donors (Lipinski definition) is 0. The van der Waals surface area contributed by atoms with Gasteiger partial charge in [-0.15, -0.1) is 11.6 Å². The molecule has 0 aliphatic heterocycles. The minimum Gasteiger partial charge on any atom is -0.358 e. The van der Waals surface area contributed by atoms with E-state index in [0.29, 0.717) is 29.0 Å². The highest BCUT2D eigenvalue weighted by atomic mass is 35.5. The molecule has 7 nitrogen and oxygen atoms in total. The van der Waals surface area contributed by atoms with Gasteiger partial charge in [-0.1, -0.05) is 0 Å². The molecule has 0 aromatic heterocycles. The van der Waals surface area contributed by atoms with Crippen molar-refractivity contribution in [2.45, 2.75) is 36.5 Å². The van der Waals surface area contributed by atoms with Gasteiger partial charge in [0.1, 0.15) is 10.8 Å². The third-order valence-electron chi connectivity index (χ3n) is 3.46. The van der Waals surface area contributed by atoms with E-state index in [-0.39, 0.29) is 16.9 Å². The van der Waals surface area contributed by atoms with Crippen molar-refractivity contribution in [2.24, 2.45) is 0 Å². The smallest absolute Gasteiger partial charge is 0.204 e. The first-order valence-corrected chi connectivity index (χ1v) is 9.64. The summed E-state index contributed by atoms with van der Waals surface area (Å²) in [6.45, 7) is -0.0172. The van der Waals surface area contributed by atoms with Crippen LogP contribution >= 0.6 is 11.6 Å². The molecule has 0 aliphatic carbocycles. The largest absolute Gasteiger partial charge is 0.358 e. The van der Waals surface area contributed by atoms with E-state index in [1.54, 1.807) is 28.4 Å². The lowest BCUT2D eigenvalue weighted by molar-refractivity contribution is -0.481. The van der Waals surface area contributed by atoms with Crippen molar-refractivity contribution in [1.29, 1.82) is 0 Å². The molecular weight excluding hydrogens is 346 g/mol. The van der Waals surface area contributed by atoms with Crippen molar-refractivity contribution in [3.05, 3.63) is 10.1 Å². The van der Waals surface area contributed by atoms with Crippen molar-refractivity contribution in [2.75, 3.05) is 40.9 Å². The molecule has 0 heterocycles. The summed E-state index contributed by atoms with van der Waals surface area (Å²) in [6, 6.07) is 0. The first kappa shape index (κ1) is 24.2. The third kappa shape index (κ3) is 12.5. The van der Waals surface area contributed by atoms with Gasteiger partial charge < -0.3 is 18.9 Å². The topological polar surface area (TPSA) is 80.1 Å². The normalized spacial score (nSPS) is 12.0. The second-order valence-corrected chi connectivity index (χ2v) is 8.46. The van der Waals surface area contributed by atoms with Crippen LogP contribution < -0.4 is 0 Å². The number of methoxy groups -OCH3 is 4. The van der Waals surface area contributed by atoms with Gasteiger partial charge in [0.05, 0.1) is 20.5 Å². The molecule has 0 N–H and O–H groups in total. The Morgan fingerprint density at radius 2 is 1.32 bits per heavy atom. The average Bonchev–Trinajstić information content (AvgIpc) is 2.52. The molecule has 0 bridgehead atoms. The lowest BCUT2D eigenvalue weighted by Crippen LogP contribution is -2.34. The van der Waals surface area contributed by atoms with E-state index < -0.39 is 5.41 Å². The van der Waals surface area contributed by atoms with E-state index in [1.165, 1.54) is 0 Å². The van der Waals surface area contributed by atoms with E-state index in [4.69, 9.17) is 30.5 Å². The van der Waals surface area contributed by atoms with Crippen LogP contribution in [-0.2, 0) is 18.9 Å². The molecule has 0 amide bonds. The third-order valence-corrected chi connectivity index (χ3v) is 6.36. The minimum absolute atomic E-state index is 0.0172. The van der Waals surface area contributed by atoms with Gasteiger partial charge in [-0.25, -0.2) is 0 Å². The van der Waals surface area contributed by atoms with Gasteiger partial charge in [0.25, 0.3) is 0 Å². The van der Waals surface area contributed by atoms with E-state index in [2.05, 4.69) is 0 Å². The molecule has 0 spiro atoms. The Morgan fingerprint density at radius 1 is 0.955 bits per heavy atom. The highest BCUT2D eigenvalue weighted by Gasteiger charge is 2.22. The maximum Gasteiger partial charge on any atom is 0.204 e. The maximum absolute atomic E-state index is 10.00. The maximum atomic E-state index is 10.00. The van der Waals surface area contributed by atoms with Crippen LogP contribution in [-0.4, -0.2) is 77.1 Å². The van der Waals surface area contributed by atoms with E-state index in [1.807, 2.05) is 0 Å². The van der Waals surface area contributed by atoms with Crippen molar-refractivity contribution in [1.82, 2.24) is 0 Å². The Hall–Kier alpha value is -0.0362. The van der Waals surface area contributed by atoms with Crippen LogP contribution in [0.5, 0.6) is 0 Å². The summed E-state index contributed by atoms with van der Waals surface area (Å²) < 4.78 is 20.5. The van der Waals surface area contributed by atoms with E-state index >= 15 is 0 Å². The summed E-state index contributed by atoms with van der Waals surface area (Å²) in [4.78, 5) is 9.67. The zero-order valence-corrected chi connectivity index (χ0v) is 19.3. The van der Waals surface area contributed by atoms with Crippen LogP contribution in [0, 0.1) is 10.1 Å². The molecule has 0 unspecified atom stereocenters. The number of rotatable bonds is 11. The van der Waals surface area contributed by atoms with Gasteiger partial charge in [0, 0.05) is 52.1 Å². The summed E-state index contributed by atoms with van der Waals surface area (Å²) in [5.41, 5.74) is -0.856. The molecule has 134 valence electrons. The Balaban J connectivity index is 0. The number of nitro groups is 1. The van der Waals surface area contributed by atoms with E-state index in [0.717, 1.165) is 23.1 Å². The molecule has 0 saturated carbocycles. The van der Waals surface area contributed by atoms with Crippen molar-refractivity contribution in [3.63, 3.8) is 0 Å². The van der Waals surface area contributed by atoms with Crippen LogP contribution in [0.4, 0.5) is 0 Å². The molecule has 0 radical (unpaired) electrons. The first-order chi connectivity index (χ1) is 10.2. The fraction of sp³-hybridized carbons (Fsp3) is 1.00. The zero-order valence-electron chi connectivity index (χ0n) is 14.5. The molecule has 0 aromatic carbocycles. The summed E-state index contributed by atoms with van der Waals surface area (Å²) in [5.74, 6) is 0.677. The van der Waals surface area contributed by atoms with Gasteiger partial charge in [0.15, 0.2) is 0 Å². The first-order valence-electron chi connectivity index (χ1n) is 7.11. The van der Waals surface area contributed by atoms with Gasteiger partial charge in [0.2, 0.25) is 6.54 Å². The molecular formula is C12H30ClNO6Si2. The molecule has 22 heavy (non-hydrogen) atoms. The van der Waals surface area contributed by atoms with Gasteiger partial charge >= 0.3 is 0 Å². The monoisotopic (exact) mass is 375 g/mol. The molecule has 0 fully saturated rings. The second kappa shape index (κ2) is 13.4. The molecule has 0 atom stereocenters. The lowest BCUT2D eigenvalue weighted by Gasteiger charge is -2.26. The minimum atomic E-state index is -0.546. The number of alkyl halides is 1. The zero-order chi connectivity index (χ0) is 17.6. The summed E-state index contributed by atoms with van der Waals surface area (Å²) in [6.07, 6.45) is 2.94. The predicted octanol–water partition coefficient (Wildman–Crippen LogP) is -0.327. The Morgan fingerprint density at radius 3 is 1.59 bits per heavy atom. The van der Waals surface area contributed by atoms with Crippen LogP contribution in [0.15, 0.2) is 0 Å². The van der Waals surface area contributed by atoms with E-state index in [9.17, 15) is 10.1 Å². The molecule has 0 saturated heterocycles. The lowest BCUT2D eigenvalue weighted by atomic mass is 10.3. The quantitative estimate of drug-likeness (QED) is 0.162. The van der Waals surface area contributed by atoms with Crippen LogP contribution in [0.25, 0.3) is 0 Å². The predicted molar refractivity (Wildman–Crippen MR) is 94.4 cm³/mol. The molecule has 10 heteroatoms. The van der Waals surface area contributed by atoms with Crippen molar-refractivity contribution in [3.8, 4) is 0 Å². The summed E-state index contributed by atoms with van der Waals surface area (Å²) in [7, 11) is 8.05. The van der Waals surface area contributed by atoms with Crippen LogP contribution in [0.1, 0.15) is 25.7 Å². The summed E-state index contributed by atoms with van der Waals surface area (Å²) >= 11 is 5.53. The number of nitrogens with zero attached hydrogens (tertiary/aromatic N) is 1. The molecule has 0 aromatic rings. The molecule has 0 aliphatic rings. The van der Waals surface area contributed by atoms with Crippen LogP contribution in [0.2, 0.25) is 0 Å². The Kier molecular flexibility index (Phi) is 14.8. The summed E-state index contributed by atoms with van der Waals surface area (Å²) in [5, 5.41) is 10.00. The number of halogens is 1. The highest BCUT2D eigenvalue weighted by molar-refractivity contribution is 6.18. The van der Waals surface area contributed by atoms with Crippen molar-refractivity contribution >= 4 is 32.1 Å². The van der Waals surface area contributed by atoms with Crippen LogP contribution in [0.3, 0.4) is 0 Å². The van der Waals surface area contributed by atoms with Gasteiger partial charge in [-0.05, 0) is 12.8 Å².